The number of nitrogens with zero attached hydrogens (tertiary/aromatic N) is 1. The van der Waals surface area contributed by atoms with Gasteiger partial charge < -0.3 is 15.4 Å². The summed E-state index contributed by atoms with van der Waals surface area (Å²) in [7, 11) is 1.29. The normalized spacial score (nSPS) is 15.6. The van der Waals surface area contributed by atoms with Gasteiger partial charge in [0, 0.05) is 12.3 Å². The lowest BCUT2D eigenvalue weighted by Crippen LogP contribution is -2.31. The maximum absolute atomic E-state index is 12.4. The maximum atomic E-state index is 12.4. The third-order valence-electron chi connectivity index (χ3n) is 4.66. The average molecular weight is 490 g/mol. The molecule has 32 heavy (non-hydrogen) atoms. The number of ether oxygens (including phenoxy) is 1. The number of nitrogens with one attached hydrogen (secondary N) is 2. The van der Waals surface area contributed by atoms with Gasteiger partial charge in [0.25, 0.3) is 0 Å². The zero-order valence-corrected chi connectivity index (χ0v) is 19.1. The Kier molecular flexibility index (Phi) is 7.80. The van der Waals surface area contributed by atoms with E-state index in [1.165, 1.54) is 7.11 Å². The molecule has 1 aliphatic rings. The molecule has 1 aliphatic heterocycles. The summed E-state index contributed by atoms with van der Waals surface area (Å²) in [5.74, 6) is -1.67. The number of thioether (sulfide) groups is 1. The molecule has 2 aromatic rings. The van der Waals surface area contributed by atoms with Gasteiger partial charge in [-0.2, -0.15) is 5.26 Å². The summed E-state index contributed by atoms with van der Waals surface area (Å²) in [5.41, 5.74) is 1.78. The number of anilines is 1. The number of hydrogen-bond acceptors (Lipinski definition) is 6. The van der Waals surface area contributed by atoms with E-state index in [9.17, 15) is 19.6 Å². The second kappa shape index (κ2) is 10.6. The number of rotatable bonds is 6. The van der Waals surface area contributed by atoms with Crippen molar-refractivity contribution in [2.24, 2.45) is 0 Å². The van der Waals surface area contributed by atoms with Crippen LogP contribution < -0.4 is 10.6 Å². The number of hydrogen-bond donors (Lipinski definition) is 2. The van der Waals surface area contributed by atoms with Gasteiger partial charge >= 0.3 is 5.97 Å². The fourth-order valence-corrected chi connectivity index (χ4v) is 4.34. The van der Waals surface area contributed by atoms with Gasteiger partial charge in [-0.1, -0.05) is 53.2 Å². The van der Waals surface area contributed by atoms with Gasteiger partial charge in [-0.05, 0) is 29.8 Å². The molecule has 0 radical (unpaired) electrons. The molecule has 7 nitrogen and oxygen atoms in total. The molecule has 2 amide bonds. The van der Waals surface area contributed by atoms with Crippen LogP contribution in [0.15, 0.2) is 53.1 Å². The number of benzene rings is 2. The summed E-state index contributed by atoms with van der Waals surface area (Å²) in [6, 6.07) is 13.6. The number of esters is 1. The van der Waals surface area contributed by atoms with Gasteiger partial charge in [-0.3, -0.25) is 9.59 Å². The zero-order chi connectivity index (χ0) is 23.3. The highest BCUT2D eigenvalue weighted by Gasteiger charge is 2.30. The predicted molar refractivity (Wildman–Crippen MR) is 123 cm³/mol. The van der Waals surface area contributed by atoms with Crippen LogP contribution in [-0.4, -0.2) is 30.6 Å². The van der Waals surface area contributed by atoms with Crippen LogP contribution in [0, 0.1) is 11.3 Å². The van der Waals surface area contributed by atoms with Crippen LogP contribution >= 0.6 is 35.0 Å². The second-order valence-electron chi connectivity index (χ2n) is 6.71. The van der Waals surface area contributed by atoms with Crippen LogP contribution in [0.1, 0.15) is 28.3 Å². The van der Waals surface area contributed by atoms with Crippen molar-refractivity contribution in [3.63, 3.8) is 0 Å². The van der Waals surface area contributed by atoms with Gasteiger partial charge in [0.1, 0.15) is 0 Å². The zero-order valence-electron chi connectivity index (χ0n) is 16.8. The molecule has 0 aliphatic carbocycles. The SMILES string of the molecule is COC(=O)c1ccc([C@H]2CC(=O)NC(SCC(=O)Nc3cccc(Cl)c3Cl)=C2C#N)cc1. The summed E-state index contributed by atoms with van der Waals surface area (Å²) in [6.45, 7) is 0. The summed E-state index contributed by atoms with van der Waals surface area (Å²) < 4.78 is 4.69. The van der Waals surface area contributed by atoms with E-state index in [1.807, 2.05) is 0 Å². The first-order valence-corrected chi connectivity index (χ1v) is 11.1. The van der Waals surface area contributed by atoms with E-state index in [0.29, 0.717) is 32.4 Å². The molecule has 3 rings (SSSR count). The minimum absolute atomic E-state index is 0.0579. The van der Waals surface area contributed by atoms with Crippen molar-refractivity contribution in [2.75, 3.05) is 18.2 Å². The summed E-state index contributed by atoms with van der Waals surface area (Å²) in [4.78, 5) is 36.3. The Balaban J connectivity index is 1.77. The fraction of sp³-hybridized carbons (Fsp3) is 0.182. The lowest BCUT2D eigenvalue weighted by molar-refractivity contribution is -0.121. The van der Waals surface area contributed by atoms with Crippen molar-refractivity contribution in [3.05, 3.63) is 74.2 Å². The van der Waals surface area contributed by atoms with Crippen molar-refractivity contribution in [2.45, 2.75) is 12.3 Å². The Hall–Kier alpha value is -2.99. The topological polar surface area (TPSA) is 108 Å². The number of allylic oxidation sites excluding steroid dienone is 1. The van der Waals surface area contributed by atoms with E-state index in [-0.39, 0.29) is 29.0 Å². The van der Waals surface area contributed by atoms with Crippen LogP contribution in [0.25, 0.3) is 0 Å². The van der Waals surface area contributed by atoms with Gasteiger partial charge in [0.2, 0.25) is 11.8 Å². The van der Waals surface area contributed by atoms with Crippen molar-refractivity contribution < 1.29 is 19.1 Å². The smallest absolute Gasteiger partial charge is 0.337 e. The third-order valence-corrected chi connectivity index (χ3v) is 6.50. The van der Waals surface area contributed by atoms with Crippen molar-refractivity contribution >= 4 is 58.4 Å². The molecule has 0 unspecified atom stereocenters. The lowest BCUT2D eigenvalue weighted by Gasteiger charge is -2.25. The average Bonchev–Trinajstić information content (AvgIpc) is 2.80. The van der Waals surface area contributed by atoms with Crippen molar-refractivity contribution in [1.82, 2.24) is 5.32 Å². The van der Waals surface area contributed by atoms with Crippen molar-refractivity contribution in [3.8, 4) is 6.07 Å². The van der Waals surface area contributed by atoms with Crippen LogP contribution in [0.3, 0.4) is 0 Å². The second-order valence-corrected chi connectivity index (χ2v) is 8.48. The van der Waals surface area contributed by atoms with Gasteiger partial charge in [0.15, 0.2) is 0 Å². The number of halogens is 2. The van der Waals surface area contributed by atoms with E-state index in [4.69, 9.17) is 23.2 Å². The molecule has 10 heteroatoms. The Morgan fingerprint density at radius 3 is 2.62 bits per heavy atom. The maximum Gasteiger partial charge on any atom is 0.337 e. The van der Waals surface area contributed by atoms with Crippen LogP contribution in [-0.2, 0) is 14.3 Å². The first kappa shape index (κ1) is 23.7. The molecule has 164 valence electrons. The first-order valence-electron chi connectivity index (χ1n) is 9.33. The Labute approximate surface area is 198 Å². The standard InChI is InChI=1S/C22H17Cl2N3O4S/c1-31-22(30)13-7-5-12(6-8-13)14-9-18(28)27-21(15(14)10-25)32-11-19(29)26-17-4-2-3-16(23)20(17)24/h2-8,14H,9,11H2,1H3,(H,26,29)(H,27,28)/t14-/m1/s1. The first-order chi connectivity index (χ1) is 15.3. The highest BCUT2D eigenvalue weighted by Crippen LogP contribution is 2.36. The molecule has 2 N–H and O–H groups in total. The highest BCUT2D eigenvalue weighted by molar-refractivity contribution is 8.03. The molecule has 1 atom stereocenters. The minimum Gasteiger partial charge on any atom is -0.465 e. The largest absolute Gasteiger partial charge is 0.465 e. The summed E-state index contributed by atoms with van der Waals surface area (Å²) in [5, 5.41) is 15.9. The van der Waals surface area contributed by atoms with Crippen molar-refractivity contribution in [1.29, 1.82) is 5.26 Å². The third kappa shape index (κ3) is 5.43. The Morgan fingerprint density at radius 2 is 1.97 bits per heavy atom. The molecular formula is C22H17Cl2N3O4S. The fourth-order valence-electron chi connectivity index (χ4n) is 3.11. The molecule has 0 spiro atoms. The molecule has 0 bridgehead atoms. The number of carbonyl (C=O) groups is 3. The Morgan fingerprint density at radius 1 is 1.25 bits per heavy atom. The number of nitriles is 1. The quantitative estimate of drug-likeness (QED) is 0.578. The van der Waals surface area contributed by atoms with E-state index < -0.39 is 11.9 Å². The Bertz CT molecular complexity index is 1140. The van der Waals surface area contributed by atoms with E-state index in [2.05, 4.69) is 21.4 Å². The monoisotopic (exact) mass is 489 g/mol. The van der Waals surface area contributed by atoms with E-state index in [0.717, 1.165) is 11.8 Å². The number of methoxy groups -OCH3 is 1. The molecule has 0 saturated heterocycles. The molecule has 1 heterocycles. The molecule has 0 fully saturated rings. The number of amides is 2. The lowest BCUT2D eigenvalue weighted by atomic mass is 9.87. The minimum atomic E-state index is -0.492. The van der Waals surface area contributed by atoms with E-state index >= 15 is 0 Å². The van der Waals surface area contributed by atoms with Crippen LogP contribution in [0.4, 0.5) is 5.69 Å². The number of carbonyl (C=O) groups excluding carboxylic acids is 3. The molecule has 2 aromatic carbocycles. The summed E-state index contributed by atoms with van der Waals surface area (Å²) >= 11 is 13.1. The van der Waals surface area contributed by atoms with Crippen LogP contribution in [0.2, 0.25) is 10.0 Å². The molecule has 0 saturated carbocycles. The molecular weight excluding hydrogens is 473 g/mol. The van der Waals surface area contributed by atoms with Gasteiger partial charge in [-0.15, -0.1) is 0 Å². The molecule has 0 aromatic heterocycles. The van der Waals surface area contributed by atoms with Gasteiger partial charge in [-0.25, -0.2) is 4.79 Å². The predicted octanol–water partition coefficient (Wildman–Crippen LogP) is 4.49. The van der Waals surface area contributed by atoms with Crippen LogP contribution in [0.5, 0.6) is 0 Å². The highest BCUT2D eigenvalue weighted by atomic mass is 35.5. The van der Waals surface area contributed by atoms with E-state index in [1.54, 1.807) is 42.5 Å². The van der Waals surface area contributed by atoms with Gasteiger partial charge in [0.05, 0.1) is 50.8 Å². The summed E-state index contributed by atoms with van der Waals surface area (Å²) in [6.07, 6.45) is 0.0782.